The van der Waals surface area contributed by atoms with Crippen LogP contribution < -0.4 is 10.3 Å². The molecule has 0 fully saturated rings. The molecule has 0 saturated heterocycles. The molecule has 0 amide bonds. The molecule has 17 heavy (non-hydrogen) atoms. The van der Waals surface area contributed by atoms with Crippen LogP contribution in [-0.2, 0) is 5.41 Å². The van der Waals surface area contributed by atoms with Crippen LogP contribution >= 0.6 is 0 Å². The van der Waals surface area contributed by atoms with Crippen LogP contribution in [0, 0.1) is 0 Å². The van der Waals surface area contributed by atoms with Gasteiger partial charge in [0, 0.05) is 11.6 Å². The highest BCUT2D eigenvalue weighted by molar-refractivity contribution is 5.91. The van der Waals surface area contributed by atoms with Gasteiger partial charge in [0.2, 0.25) is 0 Å². The molecule has 0 aliphatic carbocycles. The van der Waals surface area contributed by atoms with Gasteiger partial charge in [0.15, 0.2) is 0 Å². The van der Waals surface area contributed by atoms with E-state index in [1.54, 1.807) is 13.3 Å². The van der Waals surface area contributed by atoms with E-state index in [1.807, 2.05) is 18.2 Å². The molecule has 0 bridgehead atoms. The quantitative estimate of drug-likeness (QED) is 0.820. The van der Waals surface area contributed by atoms with E-state index in [0.29, 0.717) is 5.39 Å². The Balaban J connectivity index is 2.96. The van der Waals surface area contributed by atoms with Gasteiger partial charge in [-0.15, -0.1) is 0 Å². The topological polar surface area (TPSA) is 42.1 Å². The van der Waals surface area contributed by atoms with Crippen molar-refractivity contribution in [1.82, 2.24) is 4.98 Å². The van der Waals surface area contributed by atoms with Crippen molar-refractivity contribution in [2.45, 2.75) is 26.2 Å². The van der Waals surface area contributed by atoms with E-state index in [9.17, 15) is 4.79 Å². The Morgan fingerprint density at radius 1 is 1.24 bits per heavy atom. The number of ether oxygens (including phenoxy) is 1. The first kappa shape index (κ1) is 11.7. The molecule has 1 N–H and O–H groups in total. The molecule has 3 nitrogen and oxygen atoms in total. The molecule has 2 aromatic rings. The Labute approximate surface area is 100 Å². The van der Waals surface area contributed by atoms with Gasteiger partial charge in [0.25, 0.3) is 5.56 Å². The number of fused-ring (bicyclic) bond motifs is 1. The second kappa shape index (κ2) is 3.91. The van der Waals surface area contributed by atoms with Crippen LogP contribution in [0.2, 0.25) is 0 Å². The second-order valence-electron chi connectivity index (χ2n) is 5.16. The first-order valence-electron chi connectivity index (χ1n) is 5.64. The third-order valence-corrected chi connectivity index (χ3v) is 2.92. The molecule has 0 aliphatic heterocycles. The summed E-state index contributed by atoms with van der Waals surface area (Å²) in [7, 11) is 1.63. The monoisotopic (exact) mass is 231 g/mol. The fourth-order valence-electron chi connectivity index (χ4n) is 2.05. The van der Waals surface area contributed by atoms with Gasteiger partial charge in [0.1, 0.15) is 5.75 Å². The maximum absolute atomic E-state index is 11.8. The third kappa shape index (κ3) is 1.93. The van der Waals surface area contributed by atoms with Gasteiger partial charge in [-0.05, 0) is 23.1 Å². The molecule has 2 rings (SSSR count). The van der Waals surface area contributed by atoms with Crippen LogP contribution in [0.1, 0.15) is 26.3 Å². The number of H-pyrrole nitrogens is 1. The summed E-state index contributed by atoms with van der Waals surface area (Å²) in [6, 6.07) is 5.55. The fourth-order valence-corrected chi connectivity index (χ4v) is 2.05. The molecule has 1 heterocycles. The average molecular weight is 231 g/mol. The van der Waals surface area contributed by atoms with Crippen molar-refractivity contribution < 1.29 is 4.74 Å². The highest BCUT2D eigenvalue weighted by Crippen LogP contribution is 2.33. The molecule has 0 atom stereocenters. The summed E-state index contributed by atoms with van der Waals surface area (Å²) >= 11 is 0. The van der Waals surface area contributed by atoms with E-state index in [2.05, 4.69) is 25.8 Å². The minimum atomic E-state index is -0.0769. The molecule has 3 heteroatoms. The first-order valence-corrected chi connectivity index (χ1v) is 5.64. The fraction of sp³-hybridized carbons (Fsp3) is 0.357. The first-order chi connectivity index (χ1) is 7.95. The smallest absolute Gasteiger partial charge is 0.255 e. The Kier molecular flexibility index (Phi) is 2.69. The normalized spacial score (nSPS) is 11.8. The number of pyridine rings is 1. The Hall–Kier alpha value is -1.77. The number of hydrogen-bond donors (Lipinski definition) is 1. The maximum Gasteiger partial charge on any atom is 0.255 e. The van der Waals surface area contributed by atoms with E-state index < -0.39 is 0 Å². The van der Waals surface area contributed by atoms with Crippen molar-refractivity contribution in [3.8, 4) is 5.75 Å². The van der Waals surface area contributed by atoms with Gasteiger partial charge in [-0.2, -0.15) is 0 Å². The average Bonchev–Trinajstić information content (AvgIpc) is 2.27. The predicted octanol–water partition coefficient (Wildman–Crippen LogP) is 2.83. The van der Waals surface area contributed by atoms with Crippen molar-refractivity contribution in [3.05, 3.63) is 40.3 Å². The minimum absolute atomic E-state index is 0.0446. The Morgan fingerprint density at radius 3 is 2.53 bits per heavy atom. The standard InChI is InChI=1S/C14H17NO2/c1-14(2,3)10-8-15-13(16)9-6-5-7-11(17-4)12(9)10/h5-8H,1-4H3,(H,15,16). The van der Waals surface area contributed by atoms with Crippen LogP contribution in [-0.4, -0.2) is 12.1 Å². The molecule has 0 radical (unpaired) electrons. The number of nitrogens with one attached hydrogen (secondary N) is 1. The number of rotatable bonds is 1. The van der Waals surface area contributed by atoms with Crippen LogP contribution in [0.25, 0.3) is 10.8 Å². The predicted molar refractivity (Wildman–Crippen MR) is 69.8 cm³/mol. The van der Waals surface area contributed by atoms with E-state index >= 15 is 0 Å². The van der Waals surface area contributed by atoms with Crippen LogP contribution in [0.3, 0.4) is 0 Å². The summed E-state index contributed by atoms with van der Waals surface area (Å²) in [6.07, 6.45) is 1.78. The van der Waals surface area contributed by atoms with Gasteiger partial charge in [-0.3, -0.25) is 4.79 Å². The SMILES string of the molecule is COc1cccc2c(=O)[nH]cc(C(C)(C)C)c12. The Bertz CT molecular complexity index is 606. The minimum Gasteiger partial charge on any atom is -0.496 e. The molecule has 0 aliphatic rings. The third-order valence-electron chi connectivity index (χ3n) is 2.92. The van der Waals surface area contributed by atoms with Crippen molar-refractivity contribution in [1.29, 1.82) is 0 Å². The van der Waals surface area contributed by atoms with Gasteiger partial charge in [-0.25, -0.2) is 0 Å². The summed E-state index contributed by atoms with van der Waals surface area (Å²) in [4.78, 5) is 14.6. The zero-order valence-corrected chi connectivity index (χ0v) is 10.6. The maximum atomic E-state index is 11.8. The zero-order valence-electron chi connectivity index (χ0n) is 10.6. The van der Waals surface area contributed by atoms with E-state index in [-0.39, 0.29) is 11.0 Å². The molecule has 0 spiro atoms. The van der Waals surface area contributed by atoms with Crippen molar-refractivity contribution >= 4 is 10.8 Å². The van der Waals surface area contributed by atoms with Crippen molar-refractivity contribution in [2.75, 3.05) is 7.11 Å². The number of aromatic nitrogens is 1. The van der Waals surface area contributed by atoms with E-state index in [4.69, 9.17) is 4.74 Å². The highest BCUT2D eigenvalue weighted by Gasteiger charge is 2.20. The number of methoxy groups -OCH3 is 1. The summed E-state index contributed by atoms with van der Waals surface area (Å²) in [5.74, 6) is 0.749. The molecule has 1 aromatic heterocycles. The van der Waals surface area contributed by atoms with Gasteiger partial charge in [-0.1, -0.05) is 26.8 Å². The van der Waals surface area contributed by atoms with Crippen LogP contribution in [0.5, 0.6) is 5.75 Å². The van der Waals surface area contributed by atoms with E-state index in [1.165, 1.54) is 0 Å². The molecular weight excluding hydrogens is 214 g/mol. The van der Waals surface area contributed by atoms with Gasteiger partial charge < -0.3 is 9.72 Å². The van der Waals surface area contributed by atoms with E-state index in [0.717, 1.165) is 16.7 Å². The lowest BCUT2D eigenvalue weighted by atomic mass is 9.85. The van der Waals surface area contributed by atoms with Gasteiger partial charge >= 0.3 is 0 Å². The molecule has 0 saturated carbocycles. The van der Waals surface area contributed by atoms with Crippen LogP contribution in [0.4, 0.5) is 0 Å². The lowest BCUT2D eigenvalue weighted by Crippen LogP contribution is -2.17. The number of hydrogen-bond acceptors (Lipinski definition) is 2. The zero-order chi connectivity index (χ0) is 12.6. The summed E-state index contributed by atoms with van der Waals surface area (Å²) in [6.45, 7) is 6.35. The lowest BCUT2D eigenvalue weighted by molar-refractivity contribution is 0.418. The molecule has 90 valence electrons. The van der Waals surface area contributed by atoms with Gasteiger partial charge in [0.05, 0.1) is 12.5 Å². The summed E-state index contributed by atoms with van der Waals surface area (Å²) < 4.78 is 5.37. The van der Waals surface area contributed by atoms with Crippen molar-refractivity contribution in [3.63, 3.8) is 0 Å². The second-order valence-corrected chi connectivity index (χ2v) is 5.16. The highest BCUT2D eigenvalue weighted by atomic mass is 16.5. The summed E-state index contributed by atoms with van der Waals surface area (Å²) in [5, 5.41) is 1.59. The number of aromatic amines is 1. The molecule has 0 unspecified atom stereocenters. The summed E-state index contributed by atoms with van der Waals surface area (Å²) in [5.41, 5.74) is 0.966. The van der Waals surface area contributed by atoms with Crippen molar-refractivity contribution in [2.24, 2.45) is 0 Å². The largest absolute Gasteiger partial charge is 0.496 e. The lowest BCUT2D eigenvalue weighted by Gasteiger charge is -2.21. The molecular formula is C14H17NO2. The Morgan fingerprint density at radius 2 is 1.94 bits per heavy atom. The molecule has 1 aromatic carbocycles. The van der Waals surface area contributed by atoms with Crippen LogP contribution in [0.15, 0.2) is 29.2 Å². The number of benzene rings is 1.